The van der Waals surface area contributed by atoms with Crippen molar-refractivity contribution in [3.63, 3.8) is 0 Å². The van der Waals surface area contributed by atoms with Crippen LogP contribution in [0.1, 0.15) is 50.8 Å². The van der Waals surface area contributed by atoms with E-state index in [-0.39, 0.29) is 24.0 Å². The number of hydrogen-bond donors (Lipinski definition) is 1. The smallest absolute Gasteiger partial charge is 0.193 e. The van der Waals surface area contributed by atoms with Gasteiger partial charge in [-0.1, -0.05) is 13.8 Å². The van der Waals surface area contributed by atoms with E-state index in [9.17, 15) is 0 Å². The summed E-state index contributed by atoms with van der Waals surface area (Å²) in [5, 5.41) is 8.06. The fourth-order valence-corrected chi connectivity index (χ4v) is 3.60. The molecule has 0 radical (unpaired) electrons. The van der Waals surface area contributed by atoms with Gasteiger partial charge in [0.1, 0.15) is 0 Å². The van der Waals surface area contributed by atoms with Crippen LogP contribution in [-0.2, 0) is 13.6 Å². The third kappa shape index (κ3) is 6.72. The Labute approximate surface area is 176 Å². The van der Waals surface area contributed by atoms with Gasteiger partial charge in [-0.05, 0) is 45.2 Å². The van der Waals surface area contributed by atoms with Gasteiger partial charge in [0.2, 0.25) is 0 Å². The summed E-state index contributed by atoms with van der Waals surface area (Å²) in [6.45, 7) is 11.5. The van der Waals surface area contributed by atoms with Crippen molar-refractivity contribution in [2.45, 2.75) is 46.1 Å². The van der Waals surface area contributed by atoms with Gasteiger partial charge >= 0.3 is 0 Å². The summed E-state index contributed by atoms with van der Waals surface area (Å²) in [5.74, 6) is 2.10. The lowest BCUT2D eigenvalue weighted by Crippen LogP contribution is -2.40. The highest BCUT2D eigenvalue weighted by Crippen LogP contribution is 2.19. The second kappa shape index (κ2) is 11.1. The molecule has 0 amide bonds. The minimum Gasteiger partial charge on any atom is -0.357 e. The predicted molar refractivity (Wildman–Crippen MR) is 120 cm³/mol. The van der Waals surface area contributed by atoms with Crippen molar-refractivity contribution in [1.82, 2.24) is 24.9 Å². The average Bonchev–Trinajstić information content (AvgIpc) is 2.92. The van der Waals surface area contributed by atoms with Crippen LogP contribution in [0, 0.1) is 5.92 Å². The fourth-order valence-electron chi connectivity index (χ4n) is 3.60. The highest BCUT2D eigenvalue weighted by atomic mass is 127. The van der Waals surface area contributed by atoms with Crippen molar-refractivity contribution in [1.29, 1.82) is 0 Å². The first-order valence-corrected chi connectivity index (χ1v) is 9.61. The van der Waals surface area contributed by atoms with Crippen molar-refractivity contribution in [3.05, 3.63) is 17.5 Å². The maximum absolute atomic E-state index is 4.93. The number of aryl methyl sites for hydroxylation is 1. The Balaban J connectivity index is 0.00000338. The molecule has 26 heavy (non-hydrogen) atoms. The monoisotopic (exact) mass is 476 g/mol. The van der Waals surface area contributed by atoms with Crippen LogP contribution in [0.4, 0.5) is 0 Å². The van der Waals surface area contributed by atoms with E-state index in [1.54, 1.807) is 0 Å². The summed E-state index contributed by atoms with van der Waals surface area (Å²) in [6.07, 6.45) is 4.71. The molecule has 1 N–H and O–H groups in total. The molecule has 1 saturated heterocycles. The molecule has 2 rings (SSSR count). The number of rotatable bonds is 6. The molecule has 0 aromatic carbocycles. The van der Waals surface area contributed by atoms with Crippen molar-refractivity contribution in [2.24, 2.45) is 18.0 Å². The first-order valence-electron chi connectivity index (χ1n) is 9.61. The van der Waals surface area contributed by atoms with E-state index < -0.39 is 0 Å². The SMILES string of the molecule is CCNC(=NCC1CCCN(C)C1)N(C)Cc1cn(C)nc1C(C)C.I. The maximum atomic E-state index is 4.93. The van der Waals surface area contributed by atoms with Gasteiger partial charge in [0.05, 0.1) is 5.69 Å². The summed E-state index contributed by atoms with van der Waals surface area (Å²) in [6, 6.07) is 0. The first-order chi connectivity index (χ1) is 11.9. The van der Waals surface area contributed by atoms with Crippen LogP contribution in [0.15, 0.2) is 11.2 Å². The molecule has 1 aromatic rings. The third-order valence-corrected chi connectivity index (χ3v) is 4.81. The molecular weight excluding hydrogens is 439 g/mol. The number of likely N-dealkylation sites (tertiary alicyclic amines) is 1. The molecule has 1 aliphatic rings. The Hall–Kier alpha value is -0.830. The number of aliphatic imine (C=N–C) groups is 1. The summed E-state index contributed by atoms with van der Waals surface area (Å²) >= 11 is 0. The Morgan fingerprint density at radius 3 is 2.77 bits per heavy atom. The molecule has 6 nitrogen and oxygen atoms in total. The van der Waals surface area contributed by atoms with E-state index in [4.69, 9.17) is 4.99 Å². The van der Waals surface area contributed by atoms with Gasteiger partial charge in [0.15, 0.2) is 5.96 Å². The number of aromatic nitrogens is 2. The molecular formula is C19H37IN6. The summed E-state index contributed by atoms with van der Waals surface area (Å²) in [5.41, 5.74) is 2.46. The van der Waals surface area contributed by atoms with Crippen LogP contribution in [0.2, 0.25) is 0 Å². The quantitative estimate of drug-likeness (QED) is 0.390. The zero-order valence-electron chi connectivity index (χ0n) is 17.3. The maximum Gasteiger partial charge on any atom is 0.193 e. The van der Waals surface area contributed by atoms with Crippen LogP contribution < -0.4 is 5.32 Å². The Morgan fingerprint density at radius 1 is 1.42 bits per heavy atom. The molecule has 0 saturated carbocycles. The van der Waals surface area contributed by atoms with Gasteiger partial charge in [-0.2, -0.15) is 5.10 Å². The van der Waals surface area contributed by atoms with Gasteiger partial charge in [0, 0.05) is 52.0 Å². The standard InChI is InChI=1S/C19H36N6.HI/c1-7-20-19(21-11-16-9-8-10-23(4)12-16)24(5)13-17-14-25(6)22-18(17)15(2)3;/h14-16H,7-13H2,1-6H3,(H,20,21);1H. The van der Waals surface area contributed by atoms with Crippen molar-refractivity contribution in [3.8, 4) is 0 Å². The van der Waals surface area contributed by atoms with Gasteiger partial charge in [-0.3, -0.25) is 9.67 Å². The van der Waals surface area contributed by atoms with Crippen LogP contribution in [0.25, 0.3) is 0 Å². The number of halogens is 1. The molecule has 0 bridgehead atoms. The Kier molecular flexibility index (Phi) is 9.92. The molecule has 1 fully saturated rings. The molecule has 2 heterocycles. The molecule has 7 heteroatoms. The molecule has 1 atom stereocenters. The number of piperidine rings is 1. The highest BCUT2D eigenvalue weighted by molar-refractivity contribution is 14.0. The van der Waals surface area contributed by atoms with Gasteiger partial charge in [0.25, 0.3) is 0 Å². The molecule has 0 spiro atoms. The number of nitrogens with zero attached hydrogens (tertiary/aromatic N) is 5. The first kappa shape index (κ1) is 23.2. The fraction of sp³-hybridized carbons (Fsp3) is 0.789. The molecule has 1 unspecified atom stereocenters. The zero-order valence-corrected chi connectivity index (χ0v) is 19.7. The van der Waals surface area contributed by atoms with E-state index >= 15 is 0 Å². The average molecular weight is 476 g/mol. The summed E-state index contributed by atoms with van der Waals surface area (Å²) in [4.78, 5) is 9.57. The van der Waals surface area contributed by atoms with Crippen LogP contribution in [0.5, 0.6) is 0 Å². The van der Waals surface area contributed by atoms with E-state index in [1.165, 1.54) is 30.6 Å². The van der Waals surface area contributed by atoms with Crippen LogP contribution in [0.3, 0.4) is 0 Å². The lowest BCUT2D eigenvalue weighted by molar-refractivity contribution is 0.214. The number of guanidine groups is 1. The van der Waals surface area contributed by atoms with E-state index in [0.29, 0.717) is 11.8 Å². The van der Waals surface area contributed by atoms with E-state index in [1.807, 2.05) is 11.7 Å². The van der Waals surface area contributed by atoms with Gasteiger partial charge in [-0.25, -0.2) is 0 Å². The van der Waals surface area contributed by atoms with Crippen LogP contribution in [-0.4, -0.2) is 65.8 Å². The molecule has 150 valence electrons. The third-order valence-electron chi connectivity index (χ3n) is 4.81. The van der Waals surface area contributed by atoms with Crippen molar-refractivity contribution < 1.29 is 0 Å². The number of hydrogen-bond acceptors (Lipinski definition) is 3. The topological polar surface area (TPSA) is 48.7 Å². The lowest BCUT2D eigenvalue weighted by Gasteiger charge is -2.29. The highest BCUT2D eigenvalue weighted by Gasteiger charge is 2.18. The Bertz CT molecular complexity index is 568. The number of nitrogens with one attached hydrogen (secondary N) is 1. The zero-order chi connectivity index (χ0) is 18.4. The van der Waals surface area contributed by atoms with Crippen molar-refractivity contribution in [2.75, 3.05) is 40.3 Å². The van der Waals surface area contributed by atoms with E-state index in [2.05, 4.69) is 61.3 Å². The van der Waals surface area contributed by atoms with Crippen molar-refractivity contribution >= 4 is 29.9 Å². The normalized spacial score (nSPS) is 18.7. The van der Waals surface area contributed by atoms with Crippen LogP contribution >= 0.6 is 24.0 Å². The predicted octanol–water partition coefficient (Wildman–Crippen LogP) is 2.90. The molecule has 1 aliphatic heterocycles. The molecule has 0 aliphatic carbocycles. The van der Waals surface area contributed by atoms with Gasteiger partial charge in [-0.15, -0.1) is 24.0 Å². The van der Waals surface area contributed by atoms with E-state index in [0.717, 1.165) is 32.1 Å². The van der Waals surface area contributed by atoms with Gasteiger partial charge < -0.3 is 15.1 Å². The second-order valence-corrected chi connectivity index (χ2v) is 7.69. The lowest BCUT2D eigenvalue weighted by atomic mass is 9.99. The summed E-state index contributed by atoms with van der Waals surface area (Å²) in [7, 11) is 6.32. The largest absolute Gasteiger partial charge is 0.357 e. The second-order valence-electron chi connectivity index (χ2n) is 7.69. The molecule has 1 aromatic heterocycles. The summed E-state index contributed by atoms with van der Waals surface area (Å²) < 4.78 is 1.92. The Morgan fingerprint density at radius 2 is 2.15 bits per heavy atom. The minimum absolute atomic E-state index is 0. The minimum atomic E-state index is 0.